The lowest BCUT2D eigenvalue weighted by atomic mass is 10.1. The molecule has 1 aliphatic rings. The van der Waals surface area contributed by atoms with Crippen LogP contribution >= 0.6 is 0 Å². The van der Waals surface area contributed by atoms with Crippen molar-refractivity contribution in [1.82, 2.24) is 9.99 Å². The van der Waals surface area contributed by atoms with Crippen molar-refractivity contribution in [3.8, 4) is 0 Å². The minimum absolute atomic E-state index is 0.0337. The van der Waals surface area contributed by atoms with Gasteiger partial charge in [-0.05, 0) is 18.9 Å². The number of aromatic amines is 1. The molecule has 1 saturated heterocycles. The Balaban J connectivity index is 1.91. The lowest BCUT2D eigenvalue weighted by Crippen LogP contribution is -2.28. The van der Waals surface area contributed by atoms with Gasteiger partial charge in [-0.15, -0.1) is 0 Å². The van der Waals surface area contributed by atoms with Crippen LogP contribution in [0.3, 0.4) is 0 Å². The van der Waals surface area contributed by atoms with Gasteiger partial charge in [-0.1, -0.05) is 12.1 Å². The SMILES string of the molecule is N/C(=C\N(N)CCCC(=O)O)c1cccc2c(=O)cc(N3CCCOCC3)[nH]c12. The zero-order chi connectivity index (χ0) is 20.8. The molecule has 1 fully saturated rings. The second-order valence-electron chi connectivity index (χ2n) is 7.02. The molecule has 1 aromatic carbocycles. The predicted octanol–water partition coefficient (Wildman–Crippen LogP) is 1.05. The van der Waals surface area contributed by atoms with Crippen LogP contribution in [-0.4, -0.2) is 53.9 Å². The first-order chi connectivity index (χ1) is 14.0. The highest BCUT2D eigenvalue weighted by Gasteiger charge is 2.15. The van der Waals surface area contributed by atoms with Crippen molar-refractivity contribution < 1.29 is 14.6 Å². The standard InChI is InChI=1S/C20H27N5O4/c21-16(13-25(22)8-2-6-19(27)28)14-4-1-5-15-17(26)12-18(23-20(14)15)24-7-3-10-29-11-9-24/h1,4-5,12-13H,2-3,6-11,21-22H2,(H,23,26)(H,27,28)/b16-13-. The Labute approximate surface area is 168 Å². The van der Waals surface area contributed by atoms with E-state index in [4.69, 9.17) is 21.4 Å². The van der Waals surface area contributed by atoms with E-state index in [0.29, 0.717) is 54.9 Å². The van der Waals surface area contributed by atoms with Gasteiger partial charge in [0.2, 0.25) is 0 Å². The van der Waals surface area contributed by atoms with Crippen LogP contribution in [0.15, 0.2) is 35.3 Å². The first kappa shape index (κ1) is 20.7. The highest BCUT2D eigenvalue weighted by Crippen LogP contribution is 2.22. The van der Waals surface area contributed by atoms with E-state index in [2.05, 4.69) is 9.88 Å². The molecule has 0 spiro atoms. The van der Waals surface area contributed by atoms with Crippen LogP contribution in [-0.2, 0) is 9.53 Å². The molecule has 0 atom stereocenters. The number of nitrogens with zero attached hydrogens (tertiary/aromatic N) is 2. The van der Waals surface area contributed by atoms with Crippen molar-refractivity contribution in [2.75, 3.05) is 37.7 Å². The Morgan fingerprint density at radius 1 is 1.34 bits per heavy atom. The van der Waals surface area contributed by atoms with Crippen LogP contribution in [0.4, 0.5) is 5.82 Å². The molecule has 1 aliphatic heterocycles. The summed E-state index contributed by atoms with van der Waals surface area (Å²) in [5.74, 6) is 5.79. The number of H-pyrrole nitrogens is 1. The van der Waals surface area contributed by atoms with Gasteiger partial charge in [-0.3, -0.25) is 9.59 Å². The highest BCUT2D eigenvalue weighted by atomic mass is 16.5. The molecule has 3 rings (SSSR count). The Kier molecular flexibility index (Phi) is 6.73. The summed E-state index contributed by atoms with van der Waals surface area (Å²) in [6, 6.07) is 6.97. The van der Waals surface area contributed by atoms with Gasteiger partial charge >= 0.3 is 5.97 Å². The van der Waals surface area contributed by atoms with Crippen molar-refractivity contribution in [2.45, 2.75) is 19.3 Å². The molecule has 0 unspecified atom stereocenters. The highest BCUT2D eigenvalue weighted by molar-refractivity contribution is 5.91. The van der Waals surface area contributed by atoms with E-state index in [1.54, 1.807) is 24.4 Å². The molecule has 2 heterocycles. The number of nitrogens with one attached hydrogen (secondary N) is 1. The molecule has 9 nitrogen and oxygen atoms in total. The zero-order valence-corrected chi connectivity index (χ0v) is 16.3. The number of carboxylic acid groups (broad SMARTS) is 1. The molecule has 2 aromatic rings. The third kappa shape index (κ3) is 5.27. The fourth-order valence-corrected chi connectivity index (χ4v) is 3.38. The quantitative estimate of drug-likeness (QED) is 0.399. The predicted molar refractivity (Wildman–Crippen MR) is 112 cm³/mol. The molecule has 6 N–H and O–H groups in total. The number of pyridine rings is 1. The maximum absolute atomic E-state index is 12.7. The summed E-state index contributed by atoms with van der Waals surface area (Å²) in [6.45, 7) is 3.18. The average Bonchev–Trinajstić information content (AvgIpc) is 2.96. The summed E-state index contributed by atoms with van der Waals surface area (Å²) in [5, 5.41) is 10.6. The lowest BCUT2D eigenvalue weighted by molar-refractivity contribution is -0.137. The lowest BCUT2D eigenvalue weighted by Gasteiger charge is -2.22. The number of para-hydroxylation sites is 1. The summed E-state index contributed by atoms with van der Waals surface area (Å²) in [5.41, 5.74) is 7.88. The Morgan fingerprint density at radius 2 is 2.17 bits per heavy atom. The molecule has 9 heteroatoms. The average molecular weight is 401 g/mol. The third-order valence-electron chi connectivity index (χ3n) is 4.84. The number of nitrogens with two attached hydrogens (primary N) is 2. The number of aliphatic carboxylic acids is 1. The van der Waals surface area contributed by atoms with E-state index in [9.17, 15) is 9.59 Å². The van der Waals surface area contributed by atoms with E-state index >= 15 is 0 Å². The normalized spacial score (nSPS) is 15.3. The van der Waals surface area contributed by atoms with Gasteiger partial charge in [-0.2, -0.15) is 0 Å². The van der Waals surface area contributed by atoms with Crippen LogP contribution in [0.5, 0.6) is 0 Å². The van der Waals surface area contributed by atoms with Crippen molar-refractivity contribution in [3.05, 3.63) is 46.3 Å². The smallest absolute Gasteiger partial charge is 0.303 e. The minimum atomic E-state index is -0.867. The molecule has 0 bridgehead atoms. The monoisotopic (exact) mass is 401 g/mol. The Hall–Kier alpha value is -3.04. The molecule has 156 valence electrons. The maximum atomic E-state index is 12.7. The number of benzene rings is 1. The second-order valence-corrected chi connectivity index (χ2v) is 7.02. The summed E-state index contributed by atoms with van der Waals surface area (Å²) < 4.78 is 5.50. The fraction of sp³-hybridized carbons (Fsp3) is 0.400. The minimum Gasteiger partial charge on any atom is -0.481 e. The summed E-state index contributed by atoms with van der Waals surface area (Å²) in [4.78, 5) is 28.8. The molecule has 0 saturated carbocycles. The van der Waals surface area contributed by atoms with Gasteiger partial charge in [0.15, 0.2) is 5.43 Å². The Bertz CT molecular complexity index is 948. The number of hydrogen-bond acceptors (Lipinski definition) is 7. The maximum Gasteiger partial charge on any atom is 0.303 e. The number of hydrazine groups is 1. The zero-order valence-electron chi connectivity index (χ0n) is 16.3. The van der Waals surface area contributed by atoms with Crippen LogP contribution in [0.25, 0.3) is 16.6 Å². The fourth-order valence-electron chi connectivity index (χ4n) is 3.38. The van der Waals surface area contributed by atoms with E-state index in [-0.39, 0.29) is 11.8 Å². The van der Waals surface area contributed by atoms with Crippen LogP contribution in [0.2, 0.25) is 0 Å². The van der Waals surface area contributed by atoms with E-state index < -0.39 is 5.97 Å². The molecule has 29 heavy (non-hydrogen) atoms. The van der Waals surface area contributed by atoms with E-state index in [1.165, 1.54) is 5.01 Å². The largest absolute Gasteiger partial charge is 0.481 e. The Morgan fingerprint density at radius 3 is 2.97 bits per heavy atom. The number of aromatic nitrogens is 1. The topological polar surface area (TPSA) is 138 Å². The van der Waals surface area contributed by atoms with Gasteiger partial charge in [-0.25, -0.2) is 5.84 Å². The molecule has 0 radical (unpaired) electrons. The van der Waals surface area contributed by atoms with Crippen LogP contribution < -0.4 is 21.9 Å². The summed E-state index contributed by atoms with van der Waals surface area (Å²) >= 11 is 0. The second kappa shape index (κ2) is 9.44. The van der Waals surface area contributed by atoms with Gasteiger partial charge in [0.1, 0.15) is 5.82 Å². The number of hydrogen-bond donors (Lipinski definition) is 4. The van der Waals surface area contributed by atoms with Crippen molar-refractivity contribution >= 4 is 28.4 Å². The number of carboxylic acids is 1. The summed E-state index contributed by atoms with van der Waals surface area (Å²) in [6.07, 6.45) is 2.89. The van der Waals surface area contributed by atoms with Gasteiger partial charge < -0.3 is 30.5 Å². The molecule has 0 amide bonds. The molecule has 0 aliphatic carbocycles. The number of rotatable bonds is 7. The van der Waals surface area contributed by atoms with Crippen LogP contribution in [0, 0.1) is 0 Å². The summed E-state index contributed by atoms with van der Waals surface area (Å²) in [7, 11) is 0. The van der Waals surface area contributed by atoms with Gasteiger partial charge in [0, 0.05) is 55.9 Å². The first-order valence-corrected chi connectivity index (χ1v) is 9.65. The third-order valence-corrected chi connectivity index (χ3v) is 4.84. The first-order valence-electron chi connectivity index (χ1n) is 9.65. The number of ether oxygens (including phenoxy) is 1. The number of fused-ring (bicyclic) bond motifs is 1. The number of carbonyl (C=O) groups is 1. The van der Waals surface area contributed by atoms with E-state index in [1.807, 2.05) is 6.07 Å². The molecular weight excluding hydrogens is 374 g/mol. The van der Waals surface area contributed by atoms with Crippen molar-refractivity contribution in [1.29, 1.82) is 0 Å². The van der Waals surface area contributed by atoms with Crippen molar-refractivity contribution in [3.63, 3.8) is 0 Å². The van der Waals surface area contributed by atoms with Gasteiger partial charge in [0.25, 0.3) is 0 Å². The number of anilines is 1. The molecular formula is C20H27N5O4. The van der Waals surface area contributed by atoms with Gasteiger partial charge in [0.05, 0.1) is 17.8 Å². The van der Waals surface area contributed by atoms with Crippen molar-refractivity contribution in [2.24, 2.45) is 11.6 Å². The molecule has 1 aromatic heterocycles. The van der Waals surface area contributed by atoms with Crippen LogP contribution in [0.1, 0.15) is 24.8 Å². The van der Waals surface area contributed by atoms with E-state index in [0.717, 1.165) is 18.8 Å².